The SMILES string of the molecule is COc1ccc(-c2nc(CSc3nc(C)cc(N)n3)c(C)s2)cc1OCCN1CCOCC1.COc1ccc(-c2nc(CSc3nc(N)cc(N)n3)c(C)s2)cc1OCCN1CCCCC1.COc1ccc(-c2nc(CSc3nc(N)cc(N)n3)c(C)s2)cc1OCCN1CCN(C)CC1. The maximum absolute atomic E-state index is 6.14. The largest absolute Gasteiger partial charge is 0.493 e. The third-order valence-corrected chi connectivity index (χ3v) is 22.2. The van der Waals surface area contributed by atoms with Crippen LogP contribution in [0.2, 0.25) is 0 Å². The predicted molar refractivity (Wildman–Crippen MR) is 406 cm³/mol. The first kappa shape index (κ1) is 75.1. The standard InChI is InChI=1S/C23H31N7O2S2.C23H30N6O2S2.C23H29N5O3S2/c1-15-17(14-33-23-27-20(24)13-21(25)28-23)26-22(34-15)16-4-5-18(31-3)19(12-16)32-11-10-30-8-6-29(2)7-9-30;1-15-17(14-32-23-27-20(24)13-21(25)28-23)26-22(33-15)16-6-7-18(30-2)19(12-16)31-11-10-29-8-4-3-5-9-29;1-15-12-21(24)27-23(25-15)32-14-18-16(2)33-22(26-18)17-4-5-19(29-3)20(13-17)31-11-8-28-6-9-30-10-7-28/h4-5,12-13H,6-11,14H2,1-3H3,(H4,24,25,27,28);6-7,12-13H,3-5,8-11,14H2,1-2H3,(H4,24,25,27,28);4-5,12-13H,6-11,14H2,1-3H3,(H2,24,25,27). The molecule has 0 unspecified atom stereocenters. The maximum atomic E-state index is 6.14. The number of nitrogens with zero attached hydrogens (tertiary/aromatic N) is 13. The van der Waals surface area contributed by atoms with Crippen LogP contribution >= 0.6 is 69.3 Å². The van der Waals surface area contributed by atoms with Crippen molar-refractivity contribution in [1.29, 1.82) is 0 Å². The lowest BCUT2D eigenvalue weighted by atomic mass is 10.1. The van der Waals surface area contributed by atoms with E-state index in [2.05, 4.69) is 77.3 Å². The van der Waals surface area contributed by atoms with E-state index in [0.29, 0.717) is 81.6 Å². The van der Waals surface area contributed by atoms with E-state index in [-0.39, 0.29) is 0 Å². The van der Waals surface area contributed by atoms with Crippen molar-refractivity contribution >= 4 is 98.4 Å². The Morgan fingerprint density at radius 3 is 1.10 bits per heavy atom. The first-order valence-corrected chi connectivity index (χ1v) is 38.4. The van der Waals surface area contributed by atoms with Crippen molar-refractivity contribution < 1.29 is 33.2 Å². The number of hydrogen-bond donors (Lipinski definition) is 5. The van der Waals surface area contributed by atoms with Crippen LogP contribution < -0.4 is 57.1 Å². The van der Waals surface area contributed by atoms with Crippen LogP contribution in [0.1, 0.15) is 56.7 Å². The predicted octanol–water partition coefficient (Wildman–Crippen LogP) is 11.0. The Bertz CT molecular complexity index is 3880. The van der Waals surface area contributed by atoms with E-state index in [1.54, 1.807) is 85.3 Å². The minimum atomic E-state index is 0.365. The molecular formula is C69H90N18O7S6. The number of benzene rings is 3. The van der Waals surface area contributed by atoms with Gasteiger partial charge in [-0.2, -0.15) is 0 Å². The van der Waals surface area contributed by atoms with Gasteiger partial charge in [0.15, 0.2) is 50.0 Å². The number of rotatable bonds is 27. The van der Waals surface area contributed by atoms with Gasteiger partial charge in [0.05, 0.1) is 51.6 Å². The summed E-state index contributed by atoms with van der Waals surface area (Å²) >= 11 is 9.46. The Balaban J connectivity index is 0.000000162. The number of aromatic nitrogens is 9. The molecule has 0 amide bonds. The highest BCUT2D eigenvalue weighted by Gasteiger charge is 2.21. The maximum Gasteiger partial charge on any atom is 0.191 e. The summed E-state index contributed by atoms with van der Waals surface area (Å²) in [6.45, 7) is 22.8. The van der Waals surface area contributed by atoms with Crippen molar-refractivity contribution in [2.45, 2.75) is 79.7 Å². The fraction of sp³-hybridized carbons (Fsp3) is 0.435. The van der Waals surface area contributed by atoms with E-state index in [1.165, 1.54) is 47.7 Å². The average Bonchev–Trinajstić information content (AvgIpc) is 1.65. The highest BCUT2D eigenvalue weighted by atomic mass is 32.2. The Morgan fingerprint density at radius 1 is 0.400 bits per heavy atom. The molecule has 3 fully saturated rings. The highest BCUT2D eigenvalue weighted by Crippen LogP contribution is 2.40. The van der Waals surface area contributed by atoms with Crippen LogP contribution in [-0.4, -0.2) is 198 Å². The van der Waals surface area contributed by atoms with Crippen molar-refractivity contribution in [3.63, 3.8) is 0 Å². The van der Waals surface area contributed by atoms with Gasteiger partial charge in [-0.25, -0.2) is 44.9 Å². The first-order valence-electron chi connectivity index (χ1n) is 33.0. The zero-order valence-electron chi connectivity index (χ0n) is 58.0. The number of likely N-dealkylation sites (tertiary alicyclic amines) is 1. The lowest BCUT2D eigenvalue weighted by molar-refractivity contribution is 0.0321. The number of piperidine rings is 1. The minimum absolute atomic E-state index is 0.365. The molecule has 3 aliphatic heterocycles. The number of thioether (sulfide) groups is 3. The molecule has 534 valence electrons. The van der Waals surface area contributed by atoms with Crippen molar-refractivity contribution in [2.75, 3.05) is 162 Å². The summed E-state index contributed by atoms with van der Waals surface area (Å²) in [7, 11) is 7.15. The molecule has 0 aliphatic carbocycles. The summed E-state index contributed by atoms with van der Waals surface area (Å²) in [6.07, 6.45) is 3.89. The van der Waals surface area contributed by atoms with Gasteiger partial charge in [0.25, 0.3) is 0 Å². The molecule has 3 aromatic carbocycles. The molecule has 3 saturated heterocycles. The molecule has 31 heteroatoms. The summed E-state index contributed by atoms with van der Waals surface area (Å²) in [5.74, 6) is 8.31. The van der Waals surface area contributed by atoms with Gasteiger partial charge in [0, 0.05) is 131 Å². The van der Waals surface area contributed by atoms with Crippen molar-refractivity contribution in [1.82, 2.24) is 64.5 Å². The Labute approximate surface area is 610 Å². The number of aryl methyl sites for hydroxylation is 4. The lowest BCUT2D eigenvalue weighted by Crippen LogP contribution is -2.45. The summed E-state index contributed by atoms with van der Waals surface area (Å²) in [5, 5.41) is 4.60. The number of ether oxygens (including phenoxy) is 7. The molecule has 6 aromatic heterocycles. The summed E-state index contributed by atoms with van der Waals surface area (Å²) < 4.78 is 40.3. The van der Waals surface area contributed by atoms with Gasteiger partial charge in [0.1, 0.15) is 63.9 Å². The quantitative estimate of drug-likeness (QED) is 0.0236. The summed E-state index contributed by atoms with van der Waals surface area (Å²) in [5.41, 5.74) is 35.8. The molecule has 0 saturated carbocycles. The Kier molecular flexibility index (Phi) is 28.1. The van der Waals surface area contributed by atoms with Gasteiger partial charge < -0.3 is 66.7 Å². The number of nitrogen functional groups attached to an aromatic ring is 5. The molecule has 0 atom stereocenters. The van der Waals surface area contributed by atoms with Crippen LogP contribution in [0.5, 0.6) is 34.5 Å². The molecule has 0 spiro atoms. The molecule has 10 N–H and O–H groups in total. The molecule has 100 heavy (non-hydrogen) atoms. The normalized spacial score (nSPS) is 14.6. The topological polar surface area (TPSA) is 324 Å². The van der Waals surface area contributed by atoms with Crippen molar-refractivity contribution in [2.24, 2.45) is 0 Å². The molecule has 12 rings (SSSR count). The lowest BCUT2D eigenvalue weighted by Gasteiger charge is -2.32. The first-order chi connectivity index (χ1) is 48.4. The number of anilines is 5. The second kappa shape index (κ2) is 37.4. The minimum Gasteiger partial charge on any atom is -0.493 e. The van der Waals surface area contributed by atoms with Gasteiger partial charge in [-0.05, 0) is 115 Å². The van der Waals surface area contributed by atoms with Crippen LogP contribution in [0.25, 0.3) is 31.7 Å². The van der Waals surface area contributed by atoms with Crippen LogP contribution in [0.3, 0.4) is 0 Å². The van der Waals surface area contributed by atoms with E-state index < -0.39 is 0 Å². The molecule has 9 heterocycles. The number of methoxy groups -OCH3 is 3. The summed E-state index contributed by atoms with van der Waals surface area (Å²) in [6, 6.07) is 22.8. The number of thiazole rings is 3. The molecule has 9 aromatic rings. The number of morpholine rings is 1. The van der Waals surface area contributed by atoms with E-state index >= 15 is 0 Å². The van der Waals surface area contributed by atoms with Crippen molar-refractivity contribution in [3.8, 4) is 66.2 Å². The van der Waals surface area contributed by atoms with Crippen LogP contribution in [0.4, 0.5) is 29.1 Å². The van der Waals surface area contributed by atoms with Crippen molar-refractivity contribution in [3.05, 3.63) is 110 Å². The van der Waals surface area contributed by atoms with E-state index in [4.69, 9.17) is 76.8 Å². The number of hydrogen-bond acceptors (Lipinski definition) is 31. The molecular weight excluding hydrogens is 1390 g/mol. The Morgan fingerprint density at radius 2 is 0.740 bits per heavy atom. The van der Waals surface area contributed by atoms with Gasteiger partial charge in [-0.3, -0.25) is 14.7 Å². The zero-order valence-corrected chi connectivity index (χ0v) is 62.9. The van der Waals surface area contributed by atoms with Crippen LogP contribution in [-0.2, 0) is 22.0 Å². The molecule has 25 nitrogen and oxygen atoms in total. The van der Waals surface area contributed by atoms with E-state index in [1.807, 2.05) is 61.5 Å². The van der Waals surface area contributed by atoms with Gasteiger partial charge in [0.2, 0.25) is 0 Å². The average molecular weight is 1480 g/mol. The van der Waals surface area contributed by atoms with Crippen LogP contribution in [0.15, 0.2) is 88.3 Å². The molecule has 0 bridgehead atoms. The summed E-state index contributed by atoms with van der Waals surface area (Å²) in [4.78, 5) is 53.3. The third kappa shape index (κ3) is 22.2. The highest BCUT2D eigenvalue weighted by molar-refractivity contribution is 7.98. The van der Waals surface area contributed by atoms with E-state index in [0.717, 1.165) is 184 Å². The van der Waals surface area contributed by atoms with Gasteiger partial charge in [-0.1, -0.05) is 41.7 Å². The number of likely N-dealkylation sites (N-methyl/N-ethyl adjacent to an activating group) is 1. The van der Waals surface area contributed by atoms with Gasteiger partial charge >= 0.3 is 0 Å². The number of nitrogens with two attached hydrogens (primary N) is 5. The number of piperazine rings is 1. The molecule has 3 aliphatic rings. The second-order valence-corrected chi connectivity index (χ2v) is 30.2. The smallest absolute Gasteiger partial charge is 0.191 e. The fourth-order valence-corrected chi connectivity index (χ4v) is 16.6. The van der Waals surface area contributed by atoms with Gasteiger partial charge in [-0.15, -0.1) is 34.0 Å². The Hall–Kier alpha value is -7.56. The monoisotopic (exact) mass is 1470 g/mol. The second-order valence-electron chi connectivity index (χ2n) is 23.8. The zero-order chi connectivity index (χ0) is 70.5. The fourth-order valence-electron chi connectivity index (χ4n) is 10.8. The van der Waals surface area contributed by atoms with Crippen LogP contribution in [0, 0.1) is 27.7 Å². The van der Waals surface area contributed by atoms with E-state index in [9.17, 15) is 0 Å². The third-order valence-electron chi connectivity index (χ3n) is 16.4. The molecule has 0 radical (unpaired) electrons.